The first-order valence-electron chi connectivity index (χ1n) is 3.78. The highest BCUT2D eigenvalue weighted by molar-refractivity contribution is 5.55. The smallest absolute Gasteiger partial charge is 0.387 e. The second-order valence-electron chi connectivity index (χ2n) is 2.45. The van der Waals surface area contributed by atoms with E-state index in [0.29, 0.717) is 5.56 Å². The third-order valence-electron chi connectivity index (χ3n) is 1.58. The van der Waals surface area contributed by atoms with Crippen molar-refractivity contribution in [3.05, 3.63) is 35.9 Å². The zero-order valence-electron chi connectivity index (χ0n) is 7.21. The molecule has 14 heavy (non-hydrogen) atoms. The molecule has 0 aliphatic heterocycles. The van der Waals surface area contributed by atoms with E-state index in [1.165, 1.54) is 18.2 Å². The summed E-state index contributed by atoms with van der Waals surface area (Å²) in [5.74, 6) is -0.117. The standard InChI is InChI=1S/C10H7F2NO/c1-2-7-3-4-9(14-10(11)12)8(5-7)6-13/h2-5,10H,1H2. The van der Waals surface area contributed by atoms with Gasteiger partial charge in [0.1, 0.15) is 11.8 Å². The number of nitriles is 1. The van der Waals surface area contributed by atoms with Crippen molar-refractivity contribution in [1.29, 1.82) is 5.26 Å². The van der Waals surface area contributed by atoms with E-state index in [2.05, 4.69) is 11.3 Å². The molecule has 0 spiro atoms. The van der Waals surface area contributed by atoms with Crippen molar-refractivity contribution in [3.8, 4) is 11.8 Å². The zero-order valence-corrected chi connectivity index (χ0v) is 7.21. The molecule has 0 heterocycles. The third kappa shape index (κ3) is 2.30. The van der Waals surface area contributed by atoms with Gasteiger partial charge >= 0.3 is 6.61 Å². The molecule has 0 saturated carbocycles. The maximum absolute atomic E-state index is 11.9. The predicted molar refractivity (Wildman–Crippen MR) is 47.9 cm³/mol. The molecule has 0 N–H and O–H groups in total. The molecule has 0 aliphatic rings. The number of benzene rings is 1. The van der Waals surface area contributed by atoms with Crippen molar-refractivity contribution in [2.75, 3.05) is 0 Å². The zero-order chi connectivity index (χ0) is 10.6. The van der Waals surface area contributed by atoms with E-state index in [4.69, 9.17) is 5.26 Å². The topological polar surface area (TPSA) is 33.0 Å². The lowest BCUT2D eigenvalue weighted by Crippen LogP contribution is -2.03. The van der Waals surface area contributed by atoms with E-state index in [-0.39, 0.29) is 11.3 Å². The number of halogens is 2. The lowest BCUT2D eigenvalue weighted by molar-refractivity contribution is -0.0500. The Hall–Kier alpha value is -1.89. The normalized spacial score (nSPS) is 9.57. The molecule has 0 fully saturated rings. The van der Waals surface area contributed by atoms with E-state index >= 15 is 0 Å². The fourth-order valence-electron chi connectivity index (χ4n) is 0.961. The largest absolute Gasteiger partial charge is 0.433 e. The molecule has 1 aromatic rings. The van der Waals surface area contributed by atoms with Crippen LogP contribution >= 0.6 is 0 Å². The summed E-state index contributed by atoms with van der Waals surface area (Å²) in [6.07, 6.45) is 1.52. The molecule has 0 aliphatic carbocycles. The van der Waals surface area contributed by atoms with Crippen molar-refractivity contribution in [3.63, 3.8) is 0 Å². The Labute approximate surface area is 80.0 Å². The van der Waals surface area contributed by atoms with Gasteiger partial charge in [0.25, 0.3) is 0 Å². The molecule has 0 radical (unpaired) electrons. The number of rotatable bonds is 3. The lowest BCUT2D eigenvalue weighted by atomic mass is 10.1. The van der Waals surface area contributed by atoms with Crippen LogP contribution in [0.15, 0.2) is 24.8 Å². The fourth-order valence-corrected chi connectivity index (χ4v) is 0.961. The molecule has 0 atom stereocenters. The van der Waals surface area contributed by atoms with Gasteiger partial charge in [-0.3, -0.25) is 0 Å². The Morgan fingerprint density at radius 2 is 2.21 bits per heavy atom. The Bertz CT molecular complexity index is 382. The number of ether oxygens (including phenoxy) is 1. The first kappa shape index (κ1) is 10.2. The van der Waals surface area contributed by atoms with Crippen LogP contribution in [0.5, 0.6) is 5.75 Å². The van der Waals surface area contributed by atoms with Crippen LogP contribution in [0, 0.1) is 11.3 Å². The second-order valence-corrected chi connectivity index (χ2v) is 2.45. The maximum Gasteiger partial charge on any atom is 0.387 e. The van der Waals surface area contributed by atoms with Gasteiger partial charge in [-0.15, -0.1) is 0 Å². The van der Waals surface area contributed by atoms with Crippen molar-refractivity contribution in [1.82, 2.24) is 0 Å². The van der Waals surface area contributed by atoms with Crippen LogP contribution in [0.4, 0.5) is 8.78 Å². The fraction of sp³-hybridized carbons (Fsp3) is 0.100. The third-order valence-corrected chi connectivity index (χ3v) is 1.58. The number of hydrogen-bond acceptors (Lipinski definition) is 2. The van der Waals surface area contributed by atoms with Gasteiger partial charge in [-0.05, 0) is 17.7 Å². The van der Waals surface area contributed by atoms with Crippen LogP contribution < -0.4 is 4.74 Å². The monoisotopic (exact) mass is 195 g/mol. The number of hydrogen-bond donors (Lipinski definition) is 0. The van der Waals surface area contributed by atoms with Crippen molar-refractivity contribution >= 4 is 6.08 Å². The van der Waals surface area contributed by atoms with Crippen LogP contribution in [-0.2, 0) is 0 Å². The summed E-state index contributed by atoms with van der Waals surface area (Å²) in [6.45, 7) is 0.579. The molecule has 4 heteroatoms. The van der Waals surface area contributed by atoms with E-state index in [9.17, 15) is 8.78 Å². The highest BCUT2D eigenvalue weighted by Gasteiger charge is 2.09. The molecule has 0 bridgehead atoms. The van der Waals surface area contributed by atoms with Crippen LogP contribution in [0.3, 0.4) is 0 Å². The van der Waals surface area contributed by atoms with Crippen LogP contribution in [0.2, 0.25) is 0 Å². The van der Waals surface area contributed by atoms with Crippen LogP contribution in [0.1, 0.15) is 11.1 Å². The summed E-state index contributed by atoms with van der Waals surface area (Å²) in [4.78, 5) is 0. The molecule has 2 nitrogen and oxygen atoms in total. The van der Waals surface area contributed by atoms with Gasteiger partial charge in [-0.2, -0.15) is 14.0 Å². The van der Waals surface area contributed by atoms with E-state index < -0.39 is 6.61 Å². The van der Waals surface area contributed by atoms with Crippen LogP contribution in [-0.4, -0.2) is 6.61 Å². The van der Waals surface area contributed by atoms with Gasteiger partial charge in [0, 0.05) is 0 Å². The van der Waals surface area contributed by atoms with E-state index in [1.54, 1.807) is 12.1 Å². The minimum Gasteiger partial charge on any atom is -0.433 e. The molecular formula is C10H7F2NO. The second kappa shape index (κ2) is 4.38. The average Bonchev–Trinajstić information content (AvgIpc) is 2.17. The lowest BCUT2D eigenvalue weighted by Gasteiger charge is -2.06. The summed E-state index contributed by atoms with van der Waals surface area (Å²) in [6, 6.07) is 6.07. The summed E-state index contributed by atoms with van der Waals surface area (Å²) in [5.41, 5.74) is 0.755. The van der Waals surface area contributed by atoms with Crippen LogP contribution in [0.25, 0.3) is 6.08 Å². The first-order chi connectivity index (χ1) is 6.67. The predicted octanol–water partition coefficient (Wildman–Crippen LogP) is 2.80. The summed E-state index contributed by atoms with van der Waals surface area (Å²) in [7, 11) is 0. The molecule has 72 valence electrons. The molecule has 1 rings (SSSR count). The van der Waals surface area contributed by atoms with Gasteiger partial charge in [-0.25, -0.2) is 0 Å². The van der Waals surface area contributed by atoms with Gasteiger partial charge in [0.05, 0.1) is 5.56 Å². The van der Waals surface area contributed by atoms with Gasteiger partial charge < -0.3 is 4.74 Å². The molecule has 0 aromatic heterocycles. The highest BCUT2D eigenvalue weighted by atomic mass is 19.3. The molecule has 0 amide bonds. The summed E-state index contributed by atoms with van der Waals surface area (Å²) in [5, 5.41) is 8.64. The Kier molecular flexibility index (Phi) is 3.19. The number of alkyl halides is 2. The highest BCUT2D eigenvalue weighted by Crippen LogP contribution is 2.21. The van der Waals surface area contributed by atoms with E-state index in [0.717, 1.165) is 0 Å². The molecule has 0 saturated heterocycles. The minimum absolute atomic E-state index is 0.0719. The van der Waals surface area contributed by atoms with E-state index in [1.807, 2.05) is 0 Å². The van der Waals surface area contributed by atoms with Gasteiger partial charge in [0.2, 0.25) is 0 Å². The quantitative estimate of drug-likeness (QED) is 0.742. The first-order valence-corrected chi connectivity index (χ1v) is 3.78. The average molecular weight is 195 g/mol. The van der Waals surface area contributed by atoms with Gasteiger partial charge in [-0.1, -0.05) is 18.7 Å². The van der Waals surface area contributed by atoms with Gasteiger partial charge in [0.15, 0.2) is 0 Å². The molecular weight excluding hydrogens is 188 g/mol. The summed E-state index contributed by atoms with van der Waals surface area (Å²) >= 11 is 0. The minimum atomic E-state index is -2.92. The van der Waals surface area contributed by atoms with Crippen molar-refractivity contribution in [2.45, 2.75) is 6.61 Å². The van der Waals surface area contributed by atoms with Crippen molar-refractivity contribution < 1.29 is 13.5 Å². The SMILES string of the molecule is C=Cc1ccc(OC(F)F)c(C#N)c1. The maximum atomic E-state index is 11.9. The Morgan fingerprint density at radius 3 is 2.71 bits per heavy atom. The molecule has 0 unspecified atom stereocenters. The van der Waals surface area contributed by atoms with Crippen molar-refractivity contribution in [2.24, 2.45) is 0 Å². The Balaban J connectivity index is 3.06. The number of nitrogens with zero attached hydrogens (tertiary/aromatic N) is 1. The summed E-state index contributed by atoms with van der Waals surface area (Å²) < 4.78 is 27.9. The molecule has 1 aromatic carbocycles. The Morgan fingerprint density at radius 1 is 1.50 bits per heavy atom.